The van der Waals surface area contributed by atoms with Gasteiger partial charge in [-0.05, 0) is 25.0 Å². The number of nitro benzene ring substituents is 1. The van der Waals surface area contributed by atoms with Gasteiger partial charge in [0.2, 0.25) is 17.6 Å². The predicted octanol–water partition coefficient (Wildman–Crippen LogP) is 3.01. The summed E-state index contributed by atoms with van der Waals surface area (Å²) in [7, 11) is 0. The van der Waals surface area contributed by atoms with Crippen LogP contribution in [0.15, 0.2) is 74.7 Å². The number of nitrogens with zero attached hydrogens (tertiary/aromatic N) is 5. The molecular weight excluding hydrogens is 454 g/mol. The minimum absolute atomic E-state index is 0.0222. The Morgan fingerprint density at radius 1 is 1.11 bits per heavy atom. The first-order chi connectivity index (χ1) is 17.0. The molecule has 2 aliphatic rings. The van der Waals surface area contributed by atoms with Crippen LogP contribution in [0.2, 0.25) is 0 Å². The van der Waals surface area contributed by atoms with Gasteiger partial charge in [0.05, 0.1) is 10.8 Å². The molecule has 2 N–H and O–H groups in total. The maximum absolute atomic E-state index is 12.1. The van der Waals surface area contributed by atoms with E-state index in [0.29, 0.717) is 36.2 Å². The molecule has 1 aromatic carbocycles. The van der Waals surface area contributed by atoms with Crippen molar-refractivity contribution >= 4 is 17.5 Å². The van der Waals surface area contributed by atoms with Gasteiger partial charge < -0.3 is 15.2 Å². The SMILES string of the molecule is O=C(CCc1nc(-c2ccc([N+](=O)[O-])cc2)no1)NCCCCNC1=C2C=CC=CC2C(=O)N=N1. The molecular formula is C23H23N7O5. The summed E-state index contributed by atoms with van der Waals surface area (Å²) in [6.07, 6.45) is 9.41. The number of non-ortho nitro benzene ring substituents is 1. The number of amides is 2. The zero-order valence-electron chi connectivity index (χ0n) is 18.7. The molecule has 2 aromatic rings. The second-order valence-electron chi connectivity index (χ2n) is 7.86. The molecule has 1 aliphatic heterocycles. The highest BCUT2D eigenvalue weighted by Crippen LogP contribution is 2.27. The molecule has 0 bridgehead atoms. The van der Waals surface area contributed by atoms with E-state index < -0.39 is 4.92 Å². The Bertz CT molecular complexity index is 1230. The summed E-state index contributed by atoms with van der Waals surface area (Å²) in [6, 6.07) is 5.83. The molecule has 35 heavy (non-hydrogen) atoms. The topological polar surface area (TPSA) is 165 Å². The molecule has 0 fully saturated rings. The van der Waals surface area contributed by atoms with Gasteiger partial charge in [-0.15, -0.1) is 10.2 Å². The van der Waals surface area contributed by atoms with Crippen molar-refractivity contribution in [2.24, 2.45) is 16.1 Å². The average Bonchev–Trinajstić information content (AvgIpc) is 3.35. The summed E-state index contributed by atoms with van der Waals surface area (Å²) >= 11 is 0. The molecule has 0 spiro atoms. The second-order valence-corrected chi connectivity index (χ2v) is 7.86. The summed E-state index contributed by atoms with van der Waals surface area (Å²) in [6.45, 7) is 1.16. The number of aromatic nitrogens is 2. The van der Waals surface area contributed by atoms with Crippen molar-refractivity contribution in [2.75, 3.05) is 13.1 Å². The number of carbonyl (C=O) groups is 2. The van der Waals surface area contributed by atoms with Gasteiger partial charge in [-0.3, -0.25) is 19.7 Å². The average molecular weight is 477 g/mol. The number of hydrogen-bond donors (Lipinski definition) is 2. The van der Waals surface area contributed by atoms with Crippen LogP contribution in [0.5, 0.6) is 0 Å². The van der Waals surface area contributed by atoms with Crippen LogP contribution in [0, 0.1) is 16.0 Å². The van der Waals surface area contributed by atoms with E-state index in [1.165, 1.54) is 12.1 Å². The van der Waals surface area contributed by atoms with E-state index in [4.69, 9.17) is 4.52 Å². The number of nitrogens with one attached hydrogen (secondary N) is 2. The van der Waals surface area contributed by atoms with Crippen LogP contribution < -0.4 is 10.6 Å². The largest absolute Gasteiger partial charge is 0.368 e. The van der Waals surface area contributed by atoms with Crippen LogP contribution in [0.4, 0.5) is 5.69 Å². The molecule has 0 radical (unpaired) electrons. The maximum atomic E-state index is 12.1. The smallest absolute Gasteiger partial charge is 0.276 e. The highest BCUT2D eigenvalue weighted by atomic mass is 16.6. The van der Waals surface area contributed by atoms with E-state index in [9.17, 15) is 19.7 Å². The first-order valence-corrected chi connectivity index (χ1v) is 11.1. The first kappa shape index (κ1) is 23.7. The number of azo groups is 1. The maximum Gasteiger partial charge on any atom is 0.276 e. The van der Waals surface area contributed by atoms with Crippen LogP contribution in [-0.4, -0.2) is 40.0 Å². The fraction of sp³-hybridized carbons (Fsp3) is 0.304. The van der Waals surface area contributed by atoms with Crippen molar-refractivity contribution in [1.29, 1.82) is 0 Å². The lowest BCUT2D eigenvalue weighted by molar-refractivity contribution is -0.384. The lowest BCUT2D eigenvalue weighted by Gasteiger charge is -2.20. The molecule has 1 atom stereocenters. The van der Waals surface area contributed by atoms with Crippen molar-refractivity contribution in [3.05, 3.63) is 76.0 Å². The van der Waals surface area contributed by atoms with E-state index >= 15 is 0 Å². The van der Waals surface area contributed by atoms with Gasteiger partial charge in [0.1, 0.15) is 0 Å². The first-order valence-electron chi connectivity index (χ1n) is 11.1. The van der Waals surface area contributed by atoms with Gasteiger partial charge in [0.25, 0.3) is 11.6 Å². The summed E-state index contributed by atoms with van der Waals surface area (Å²) in [5.74, 6) is 0.468. The summed E-state index contributed by atoms with van der Waals surface area (Å²) in [5.41, 5.74) is 1.39. The third-order valence-corrected chi connectivity index (χ3v) is 5.40. The molecule has 2 amide bonds. The van der Waals surface area contributed by atoms with Crippen molar-refractivity contribution in [3.63, 3.8) is 0 Å². The summed E-state index contributed by atoms with van der Waals surface area (Å²) in [4.78, 5) is 38.4. The highest BCUT2D eigenvalue weighted by molar-refractivity contribution is 5.86. The van der Waals surface area contributed by atoms with Crippen molar-refractivity contribution in [2.45, 2.75) is 25.7 Å². The van der Waals surface area contributed by atoms with Gasteiger partial charge >= 0.3 is 0 Å². The number of benzene rings is 1. The van der Waals surface area contributed by atoms with Crippen LogP contribution >= 0.6 is 0 Å². The van der Waals surface area contributed by atoms with Crippen molar-refractivity contribution in [3.8, 4) is 11.4 Å². The van der Waals surface area contributed by atoms with Crippen molar-refractivity contribution < 1.29 is 19.0 Å². The quantitative estimate of drug-likeness (QED) is 0.283. The second kappa shape index (κ2) is 11.1. The Balaban J connectivity index is 1.13. The fourth-order valence-corrected chi connectivity index (χ4v) is 3.54. The van der Waals surface area contributed by atoms with Gasteiger partial charge in [0.15, 0.2) is 5.82 Å². The molecule has 1 aliphatic carbocycles. The summed E-state index contributed by atoms with van der Waals surface area (Å²) in [5, 5.41) is 28.3. The van der Waals surface area contributed by atoms with Gasteiger partial charge in [0, 0.05) is 49.2 Å². The molecule has 2 heterocycles. The lowest BCUT2D eigenvalue weighted by atomic mass is 9.93. The van der Waals surface area contributed by atoms with E-state index in [1.807, 2.05) is 18.2 Å². The molecule has 12 heteroatoms. The van der Waals surface area contributed by atoms with Crippen LogP contribution in [-0.2, 0) is 16.0 Å². The number of carbonyl (C=O) groups excluding carboxylic acids is 2. The Labute approximate surface area is 200 Å². The standard InChI is InChI=1S/C23H23N7O5/c31-19(11-12-20-26-21(29-35-20)15-7-9-16(10-8-15)30(33)34)24-13-3-4-14-25-22-17-5-1-2-6-18(17)23(32)28-27-22/h1-2,5-10,18,25H,3-4,11-14H2,(H,24,31). The van der Waals surface area contributed by atoms with Gasteiger partial charge in [-0.1, -0.05) is 29.5 Å². The molecule has 0 saturated carbocycles. The number of rotatable bonds is 11. The number of fused-ring (bicyclic) bond motifs is 1. The Morgan fingerprint density at radius 2 is 1.91 bits per heavy atom. The van der Waals surface area contributed by atoms with E-state index in [0.717, 1.165) is 18.4 Å². The summed E-state index contributed by atoms with van der Waals surface area (Å²) < 4.78 is 5.17. The van der Waals surface area contributed by atoms with Crippen molar-refractivity contribution in [1.82, 2.24) is 20.8 Å². The molecule has 12 nitrogen and oxygen atoms in total. The normalized spacial score (nSPS) is 16.3. The lowest BCUT2D eigenvalue weighted by Crippen LogP contribution is -2.26. The highest BCUT2D eigenvalue weighted by Gasteiger charge is 2.26. The Hall–Kier alpha value is -4.48. The molecule has 180 valence electrons. The van der Waals surface area contributed by atoms with E-state index in [2.05, 4.69) is 31.0 Å². The fourth-order valence-electron chi connectivity index (χ4n) is 3.54. The molecule has 4 rings (SSSR count). The number of nitro groups is 1. The molecule has 0 saturated heterocycles. The van der Waals surface area contributed by atoms with E-state index in [1.54, 1.807) is 18.2 Å². The molecule has 1 unspecified atom stereocenters. The number of allylic oxidation sites excluding steroid dienone is 3. The number of unbranched alkanes of at least 4 members (excludes halogenated alkanes) is 1. The van der Waals surface area contributed by atoms with Crippen LogP contribution in [0.3, 0.4) is 0 Å². The third-order valence-electron chi connectivity index (χ3n) is 5.40. The Morgan fingerprint density at radius 3 is 2.71 bits per heavy atom. The van der Waals surface area contributed by atoms with E-state index in [-0.39, 0.29) is 36.3 Å². The number of aryl methyl sites for hydroxylation is 1. The Kier molecular flexibility index (Phi) is 7.50. The monoisotopic (exact) mass is 477 g/mol. The third kappa shape index (κ3) is 6.10. The zero-order chi connectivity index (χ0) is 24.6. The molecule has 1 aromatic heterocycles. The minimum Gasteiger partial charge on any atom is -0.368 e. The van der Waals surface area contributed by atoms with Gasteiger partial charge in [-0.2, -0.15) is 4.98 Å². The van der Waals surface area contributed by atoms with Crippen LogP contribution in [0.1, 0.15) is 25.2 Å². The number of hydrogen-bond acceptors (Lipinski definition) is 9. The van der Waals surface area contributed by atoms with Gasteiger partial charge in [-0.25, -0.2) is 0 Å². The zero-order valence-corrected chi connectivity index (χ0v) is 18.7. The predicted molar refractivity (Wildman–Crippen MR) is 124 cm³/mol. The minimum atomic E-state index is -0.481. The van der Waals surface area contributed by atoms with Crippen LogP contribution in [0.25, 0.3) is 11.4 Å².